The van der Waals surface area contributed by atoms with Crippen LogP contribution in [0.15, 0.2) is 133 Å². The van der Waals surface area contributed by atoms with E-state index in [-0.39, 0.29) is 54.1 Å². The van der Waals surface area contributed by atoms with Gasteiger partial charge >= 0.3 is 11.9 Å². The van der Waals surface area contributed by atoms with Gasteiger partial charge in [0.1, 0.15) is 18.0 Å². The van der Waals surface area contributed by atoms with Gasteiger partial charge in [-0.1, -0.05) is 91.0 Å². The Kier molecular flexibility index (Phi) is 11.9. The fourth-order valence-electron chi connectivity index (χ4n) is 11.0. The lowest BCUT2D eigenvalue weighted by molar-refractivity contribution is -0.161. The predicted octanol–water partition coefficient (Wildman–Crippen LogP) is 10.0. The molecule has 7 aromatic rings. The van der Waals surface area contributed by atoms with Crippen LogP contribution < -0.4 is 9.47 Å². The van der Waals surface area contributed by atoms with Crippen molar-refractivity contribution < 1.29 is 49.0 Å². The van der Waals surface area contributed by atoms with Crippen LogP contribution in [0.2, 0.25) is 0 Å². The minimum absolute atomic E-state index is 0.0209. The number of aliphatic hydroxyl groups is 1. The normalized spacial score (nSPS) is 21.6. The van der Waals surface area contributed by atoms with Gasteiger partial charge in [0.15, 0.2) is 23.0 Å². The topological polar surface area (TPSA) is 152 Å². The lowest BCUT2D eigenvalue weighted by atomic mass is 9.50. The number of esters is 2. The third kappa shape index (κ3) is 8.30. The van der Waals surface area contributed by atoms with Crippen molar-refractivity contribution in [3.63, 3.8) is 0 Å². The van der Waals surface area contributed by atoms with Gasteiger partial charge in [-0.25, -0.2) is 0 Å². The van der Waals surface area contributed by atoms with Crippen molar-refractivity contribution in [1.29, 1.82) is 0 Å². The van der Waals surface area contributed by atoms with E-state index < -0.39 is 41.4 Å². The number of phenolic OH excluding ortho intramolecular Hbond substituents is 3. The summed E-state index contributed by atoms with van der Waals surface area (Å²) in [5, 5.41) is 48.1. The molecule has 0 spiro atoms. The zero-order valence-electron chi connectivity index (χ0n) is 36.6. The number of carbonyl (C=O) groups excluding carboxylic acids is 2. The quantitative estimate of drug-likeness (QED) is 0.0978. The molecule has 0 saturated heterocycles. The number of hydrogen-bond acceptors (Lipinski definition) is 10. The van der Waals surface area contributed by atoms with E-state index in [1.54, 1.807) is 30.3 Å². The fraction of sp³-hybridized carbons (Fsp3) is 0.273. The van der Waals surface area contributed by atoms with Crippen LogP contribution in [0.5, 0.6) is 28.7 Å². The molecular weight excluding hydrogens is 821 g/mol. The number of carbonyl (C=O) groups is 2. The predicted molar refractivity (Wildman–Crippen MR) is 249 cm³/mol. The molecule has 10 nitrogen and oxygen atoms in total. The molecule has 0 heterocycles. The van der Waals surface area contributed by atoms with Crippen LogP contribution in [0.3, 0.4) is 0 Å². The first-order valence-corrected chi connectivity index (χ1v) is 22.0. The summed E-state index contributed by atoms with van der Waals surface area (Å²) in [4.78, 5) is 27.6. The summed E-state index contributed by atoms with van der Waals surface area (Å²) in [6.07, 6.45) is -0.293. The van der Waals surface area contributed by atoms with Gasteiger partial charge in [-0.15, -0.1) is 0 Å². The molecule has 2 aliphatic carbocycles. The molecule has 0 radical (unpaired) electrons. The van der Waals surface area contributed by atoms with Gasteiger partial charge in [0.05, 0.1) is 27.2 Å². The van der Waals surface area contributed by atoms with Gasteiger partial charge in [-0.05, 0) is 128 Å². The number of hydrogen-bond donors (Lipinski definition) is 4. The Hall–Kier alpha value is -7.04. The Morgan fingerprint density at radius 1 is 0.708 bits per heavy atom. The molecule has 0 aromatic heterocycles. The van der Waals surface area contributed by atoms with Gasteiger partial charge < -0.3 is 39.4 Å². The van der Waals surface area contributed by atoms with Crippen LogP contribution >= 0.6 is 0 Å². The maximum absolute atomic E-state index is 14.3. The van der Waals surface area contributed by atoms with E-state index in [1.165, 1.54) is 21.1 Å². The third-order valence-corrected chi connectivity index (χ3v) is 13.8. The van der Waals surface area contributed by atoms with Gasteiger partial charge in [0.2, 0.25) is 0 Å². The van der Waals surface area contributed by atoms with E-state index in [4.69, 9.17) is 18.9 Å². The summed E-state index contributed by atoms with van der Waals surface area (Å²) in [5.74, 6) is -1.71. The van der Waals surface area contributed by atoms with E-state index in [2.05, 4.69) is 24.3 Å². The number of fused-ring (bicyclic) bond motifs is 4. The molecule has 1 fully saturated rings. The van der Waals surface area contributed by atoms with Crippen LogP contribution in [0.25, 0.3) is 32.7 Å². The minimum atomic E-state index is -0.923. The zero-order chi connectivity index (χ0) is 45.4. The first-order chi connectivity index (χ1) is 31.5. The first-order valence-electron chi connectivity index (χ1n) is 22.0. The van der Waals surface area contributed by atoms with E-state index in [0.717, 1.165) is 60.5 Å². The number of aromatic hydroxyl groups is 3. The number of rotatable bonds is 10. The van der Waals surface area contributed by atoms with Crippen molar-refractivity contribution in [3.05, 3.63) is 161 Å². The molecule has 0 bridgehead atoms. The van der Waals surface area contributed by atoms with Crippen LogP contribution in [0.1, 0.15) is 65.8 Å². The lowest BCUT2D eigenvalue weighted by Gasteiger charge is -2.55. The van der Waals surface area contributed by atoms with Crippen LogP contribution in [-0.4, -0.2) is 65.4 Å². The van der Waals surface area contributed by atoms with E-state index >= 15 is 0 Å². The Balaban J connectivity index is 1.17. The molecule has 9 rings (SSSR count). The number of benzene rings is 7. The van der Waals surface area contributed by atoms with Gasteiger partial charge in [0.25, 0.3) is 0 Å². The molecule has 0 unspecified atom stereocenters. The second-order valence-electron chi connectivity index (χ2n) is 17.5. The molecule has 10 heteroatoms. The maximum atomic E-state index is 14.3. The smallest absolute Gasteiger partial charge is 0.310 e. The Morgan fingerprint density at radius 2 is 1.45 bits per heavy atom. The van der Waals surface area contributed by atoms with Crippen molar-refractivity contribution in [3.8, 4) is 39.9 Å². The van der Waals surface area contributed by atoms with E-state index in [0.29, 0.717) is 19.3 Å². The highest BCUT2D eigenvalue weighted by Crippen LogP contribution is 2.60. The van der Waals surface area contributed by atoms with E-state index in [1.807, 2.05) is 78.9 Å². The Bertz CT molecular complexity index is 2910. The summed E-state index contributed by atoms with van der Waals surface area (Å²) >= 11 is 0. The molecule has 6 atom stereocenters. The molecular formula is C55H52O10. The first kappa shape index (κ1) is 43.2. The molecule has 7 aromatic carbocycles. The second kappa shape index (κ2) is 17.9. The molecule has 1 saturated carbocycles. The van der Waals surface area contributed by atoms with Crippen molar-refractivity contribution in [2.24, 2.45) is 5.92 Å². The zero-order valence-corrected chi connectivity index (χ0v) is 36.6. The summed E-state index contributed by atoms with van der Waals surface area (Å²) in [7, 11) is 2.99. The molecule has 332 valence electrons. The largest absolute Gasteiger partial charge is 0.508 e. The van der Waals surface area contributed by atoms with Crippen LogP contribution in [0.4, 0.5) is 0 Å². The number of aliphatic hydroxyl groups excluding tert-OH is 1. The standard InChI is InChI=1S/C55H52O10/c1-32(57)64-51-28-43(65-54(61)20-33-13-14-38-22-42(58)27-45(44(38)19-33)35-10-5-4-6-11-35)23-40(37-16-18-49(59)52(25-37)62-2)30-55(41-17-15-34-9-7-8-12-36(34)21-41)47(51)24-39-26-53(63-3)50(60)29-46(39)48(55)31-56/h4-19,21-22,25-27,29,40,43,47-48,51,56,58-60H,20,23-24,28,30-31H2,1-3H3/t40-,43+,47+,48-,51-,55+/m1/s1. The van der Waals surface area contributed by atoms with Crippen LogP contribution in [-0.2, 0) is 37.3 Å². The SMILES string of the molecule is COc1cc([C@@H]2C[C@H](OC(=O)Cc3ccc4cc(O)cc(-c5ccccc5)c4c3)C[C@@H](OC(C)=O)[C@@H]3Cc4cc(OC)c(O)cc4[C@@H](CO)[C@]3(c3ccc4ccccc4c3)C2)ccc1O. The maximum Gasteiger partial charge on any atom is 0.310 e. The molecule has 2 aliphatic rings. The van der Waals surface area contributed by atoms with Crippen molar-refractivity contribution in [1.82, 2.24) is 0 Å². The van der Waals surface area contributed by atoms with Crippen LogP contribution in [0, 0.1) is 5.92 Å². The molecule has 0 aliphatic heterocycles. The summed E-state index contributed by atoms with van der Waals surface area (Å²) in [5.41, 5.74) is 4.95. The summed E-state index contributed by atoms with van der Waals surface area (Å²) < 4.78 is 24.1. The Morgan fingerprint density at radius 3 is 2.20 bits per heavy atom. The van der Waals surface area contributed by atoms with Crippen molar-refractivity contribution >= 4 is 33.5 Å². The Labute approximate surface area is 377 Å². The highest BCUT2D eigenvalue weighted by atomic mass is 16.6. The molecule has 0 amide bonds. The second-order valence-corrected chi connectivity index (χ2v) is 17.5. The number of methoxy groups -OCH3 is 2. The van der Waals surface area contributed by atoms with Crippen molar-refractivity contribution in [2.75, 3.05) is 20.8 Å². The number of ether oxygens (including phenoxy) is 4. The summed E-state index contributed by atoms with van der Waals surface area (Å²) in [6, 6.07) is 42.1. The fourth-order valence-corrected chi connectivity index (χ4v) is 11.0. The molecule has 4 N–H and O–H groups in total. The summed E-state index contributed by atoms with van der Waals surface area (Å²) in [6.45, 7) is 1.09. The van der Waals surface area contributed by atoms with Gasteiger partial charge in [0, 0.05) is 30.6 Å². The minimum Gasteiger partial charge on any atom is -0.508 e. The molecule has 65 heavy (non-hydrogen) atoms. The van der Waals surface area contributed by atoms with Crippen molar-refractivity contribution in [2.45, 2.75) is 68.5 Å². The van der Waals surface area contributed by atoms with Gasteiger partial charge in [-0.2, -0.15) is 0 Å². The number of phenols is 3. The monoisotopic (exact) mass is 872 g/mol. The highest BCUT2D eigenvalue weighted by molar-refractivity contribution is 5.98. The average Bonchev–Trinajstić information content (AvgIpc) is 3.30. The van der Waals surface area contributed by atoms with Gasteiger partial charge in [-0.3, -0.25) is 9.59 Å². The average molecular weight is 873 g/mol. The van der Waals surface area contributed by atoms with E-state index in [9.17, 15) is 30.0 Å². The third-order valence-electron chi connectivity index (χ3n) is 13.8. The lowest BCUT2D eigenvalue weighted by Crippen LogP contribution is -2.55. The highest BCUT2D eigenvalue weighted by Gasteiger charge is 2.57.